The molecule has 6 heteroatoms. The van der Waals surface area contributed by atoms with E-state index >= 15 is 0 Å². The molecule has 0 heterocycles. The van der Waals surface area contributed by atoms with Gasteiger partial charge in [0.15, 0.2) is 5.96 Å². The molecule has 5 nitrogen and oxygen atoms in total. The second-order valence-electron chi connectivity index (χ2n) is 5.90. The van der Waals surface area contributed by atoms with Crippen molar-refractivity contribution in [2.45, 2.75) is 45.2 Å². The van der Waals surface area contributed by atoms with Gasteiger partial charge in [0.2, 0.25) is 0 Å². The van der Waals surface area contributed by atoms with Crippen LogP contribution in [-0.2, 0) is 0 Å². The third-order valence-corrected chi connectivity index (χ3v) is 4.31. The maximum atomic E-state index is 10.3. The largest absolute Gasteiger partial charge is 0.491 e. The Morgan fingerprint density at radius 1 is 1.21 bits per heavy atom. The van der Waals surface area contributed by atoms with Crippen molar-refractivity contribution in [3.63, 3.8) is 0 Å². The van der Waals surface area contributed by atoms with E-state index in [1.807, 2.05) is 45.0 Å². The lowest BCUT2D eigenvalue weighted by Gasteiger charge is -2.17. The van der Waals surface area contributed by atoms with E-state index in [0.29, 0.717) is 11.8 Å². The van der Waals surface area contributed by atoms with Gasteiger partial charge in [-0.3, -0.25) is 4.99 Å². The van der Waals surface area contributed by atoms with E-state index in [4.69, 9.17) is 4.74 Å². The molecule has 0 spiro atoms. The fourth-order valence-corrected chi connectivity index (χ4v) is 2.21. The number of rotatable bonds is 9. The molecule has 2 unspecified atom stereocenters. The van der Waals surface area contributed by atoms with Gasteiger partial charge in [0, 0.05) is 18.3 Å². The van der Waals surface area contributed by atoms with Gasteiger partial charge in [-0.25, -0.2) is 0 Å². The summed E-state index contributed by atoms with van der Waals surface area (Å²) in [6.45, 7) is 10.1. The molecule has 3 N–H and O–H groups in total. The Kier molecular flexibility index (Phi) is 9.64. The van der Waals surface area contributed by atoms with Gasteiger partial charge in [-0.2, -0.15) is 11.8 Å². The average molecular weight is 354 g/mol. The summed E-state index contributed by atoms with van der Waals surface area (Å²) in [6.07, 6.45) is 1.63. The quantitative estimate of drug-likeness (QED) is 0.471. The number of nitrogens with one attached hydrogen (secondary N) is 2. The molecule has 0 aromatic heterocycles. The number of guanidine groups is 1. The molecular formula is C18H31N3O2S. The van der Waals surface area contributed by atoms with Crippen molar-refractivity contribution in [2.75, 3.05) is 25.9 Å². The predicted molar refractivity (Wildman–Crippen MR) is 104 cm³/mol. The zero-order valence-corrected chi connectivity index (χ0v) is 16.2. The van der Waals surface area contributed by atoms with E-state index in [-0.39, 0.29) is 6.10 Å². The Morgan fingerprint density at radius 3 is 2.42 bits per heavy atom. The molecule has 0 radical (unpaired) electrons. The van der Waals surface area contributed by atoms with Crippen molar-refractivity contribution < 1.29 is 9.84 Å². The molecule has 1 aromatic carbocycles. The average Bonchev–Trinajstić information content (AvgIpc) is 2.56. The monoisotopic (exact) mass is 353 g/mol. The molecule has 0 aliphatic heterocycles. The third kappa shape index (κ3) is 7.93. The first-order chi connectivity index (χ1) is 11.5. The number of thioether (sulfide) groups is 1. The van der Waals surface area contributed by atoms with E-state index in [2.05, 4.69) is 28.8 Å². The highest BCUT2D eigenvalue weighted by Crippen LogP contribution is 2.18. The van der Waals surface area contributed by atoms with Crippen LogP contribution in [0.15, 0.2) is 29.3 Å². The molecule has 0 aliphatic carbocycles. The molecule has 0 amide bonds. The first kappa shape index (κ1) is 20.6. The summed E-state index contributed by atoms with van der Waals surface area (Å²) >= 11 is 1.79. The van der Waals surface area contributed by atoms with Crippen LogP contribution in [0.3, 0.4) is 0 Å². The second kappa shape index (κ2) is 11.2. The van der Waals surface area contributed by atoms with E-state index < -0.39 is 6.10 Å². The van der Waals surface area contributed by atoms with Gasteiger partial charge >= 0.3 is 0 Å². The Morgan fingerprint density at radius 2 is 1.88 bits per heavy atom. The molecule has 0 saturated carbocycles. The molecule has 0 aliphatic rings. The van der Waals surface area contributed by atoms with E-state index in [0.717, 1.165) is 30.4 Å². The summed E-state index contributed by atoms with van der Waals surface area (Å²) in [5.74, 6) is 1.55. The first-order valence-electron chi connectivity index (χ1n) is 8.45. The van der Waals surface area contributed by atoms with Crippen LogP contribution >= 0.6 is 11.8 Å². The minimum absolute atomic E-state index is 0.144. The van der Waals surface area contributed by atoms with Crippen LogP contribution < -0.4 is 15.4 Å². The number of benzene rings is 1. The molecule has 0 saturated heterocycles. The van der Waals surface area contributed by atoms with Gasteiger partial charge in [-0.05, 0) is 44.7 Å². The van der Waals surface area contributed by atoms with Gasteiger partial charge in [0.05, 0.1) is 18.8 Å². The van der Waals surface area contributed by atoms with Crippen molar-refractivity contribution >= 4 is 17.7 Å². The normalized spacial score (nSPS) is 14.4. The Balaban J connectivity index is 2.56. The van der Waals surface area contributed by atoms with Crippen molar-refractivity contribution in [3.05, 3.63) is 29.8 Å². The summed E-state index contributed by atoms with van der Waals surface area (Å²) in [6, 6.07) is 7.56. The first-order valence-corrected chi connectivity index (χ1v) is 9.74. The highest BCUT2D eigenvalue weighted by Gasteiger charge is 2.09. The lowest BCUT2D eigenvalue weighted by Crippen LogP contribution is -2.39. The lowest BCUT2D eigenvalue weighted by molar-refractivity contribution is 0.180. The predicted octanol–water partition coefficient (Wildman–Crippen LogP) is 2.81. The van der Waals surface area contributed by atoms with Crippen molar-refractivity contribution in [2.24, 2.45) is 4.99 Å². The summed E-state index contributed by atoms with van der Waals surface area (Å²) < 4.78 is 5.62. The van der Waals surface area contributed by atoms with Crippen LogP contribution in [0.25, 0.3) is 0 Å². The molecule has 24 heavy (non-hydrogen) atoms. The van der Waals surface area contributed by atoms with Crippen molar-refractivity contribution in [1.29, 1.82) is 0 Å². The van der Waals surface area contributed by atoms with Gasteiger partial charge in [0.1, 0.15) is 5.75 Å². The molecular weight excluding hydrogens is 322 g/mol. The van der Waals surface area contributed by atoms with Crippen LogP contribution in [0, 0.1) is 0 Å². The summed E-state index contributed by atoms with van der Waals surface area (Å²) in [5, 5.41) is 17.2. The van der Waals surface area contributed by atoms with Crippen LogP contribution in [0.5, 0.6) is 5.75 Å². The molecule has 1 rings (SSSR count). The van der Waals surface area contributed by atoms with E-state index in [9.17, 15) is 5.11 Å². The van der Waals surface area contributed by atoms with Gasteiger partial charge < -0.3 is 20.5 Å². The number of aliphatic hydroxyl groups is 1. The highest BCUT2D eigenvalue weighted by atomic mass is 32.2. The fraction of sp³-hybridized carbons (Fsp3) is 0.611. The van der Waals surface area contributed by atoms with E-state index in [1.54, 1.807) is 11.8 Å². The Hall–Kier alpha value is -1.40. The topological polar surface area (TPSA) is 65.9 Å². The number of aliphatic imine (C=N–C) groups is 1. The molecule has 1 aromatic rings. The van der Waals surface area contributed by atoms with Crippen LogP contribution in [0.1, 0.15) is 39.4 Å². The minimum Gasteiger partial charge on any atom is -0.491 e. The molecule has 0 bridgehead atoms. The summed E-state index contributed by atoms with van der Waals surface area (Å²) in [5.41, 5.74) is 0.854. The maximum Gasteiger partial charge on any atom is 0.191 e. The van der Waals surface area contributed by atoms with Gasteiger partial charge in [-0.1, -0.05) is 19.1 Å². The maximum absolute atomic E-state index is 10.3. The van der Waals surface area contributed by atoms with E-state index in [1.165, 1.54) is 0 Å². The van der Waals surface area contributed by atoms with Crippen LogP contribution in [-0.4, -0.2) is 48.3 Å². The van der Waals surface area contributed by atoms with Crippen LogP contribution in [0.4, 0.5) is 0 Å². The number of ether oxygens (including phenoxy) is 1. The summed E-state index contributed by atoms with van der Waals surface area (Å²) in [7, 11) is 0. The SMILES string of the molecule is CCNC(=NCC(C)SC)NCC(O)c1ccc(OC(C)C)cc1. The molecule has 0 fully saturated rings. The van der Waals surface area contributed by atoms with Gasteiger partial charge in [-0.15, -0.1) is 0 Å². The number of nitrogens with zero attached hydrogens (tertiary/aromatic N) is 1. The highest BCUT2D eigenvalue weighted by molar-refractivity contribution is 7.99. The zero-order chi connectivity index (χ0) is 17.9. The third-order valence-electron chi connectivity index (χ3n) is 3.35. The fourth-order valence-electron chi connectivity index (χ4n) is 1.99. The van der Waals surface area contributed by atoms with Crippen LogP contribution in [0.2, 0.25) is 0 Å². The standard InChI is InChI=1S/C18H31N3O2S/c1-6-19-18(20-11-14(4)24-5)21-12-17(22)15-7-9-16(10-8-15)23-13(2)3/h7-10,13-14,17,22H,6,11-12H2,1-5H3,(H2,19,20,21). The van der Waals surface area contributed by atoms with Gasteiger partial charge in [0.25, 0.3) is 0 Å². The number of hydrogen-bond donors (Lipinski definition) is 3. The Labute approximate surface area is 150 Å². The molecule has 136 valence electrons. The minimum atomic E-state index is -0.597. The van der Waals surface area contributed by atoms with Crippen molar-refractivity contribution in [3.8, 4) is 5.75 Å². The number of hydrogen-bond acceptors (Lipinski definition) is 4. The zero-order valence-electron chi connectivity index (χ0n) is 15.4. The summed E-state index contributed by atoms with van der Waals surface area (Å²) in [4.78, 5) is 4.54. The number of aliphatic hydroxyl groups excluding tert-OH is 1. The smallest absolute Gasteiger partial charge is 0.191 e. The molecule has 2 atom stereocenters. The lowest BCUT2D eigenvalue weighted by atomic mass is 10.1. The van der Waals surface area contributed by atoms with Crippen molar-refractivity contribution in [1.82, 2.24) is 10.6 Å². The Bertz CT molecular complexity index is 492. The second-order valence-corrected chi connectivity index (χ2v) is 7.17.